The Bertz CT molecular complexity index is 1040. The Morgan fingerprint density at radius 2 is 1.66 bits per heavy atom. The second-order valence-corrected chi connectivity index (χ2v) is 7.64. The molecule has 0 aliphatic rings. The molecule has 0 aliphatic heterocycles. The van der Waals surface area contributed by atoms with Gasteiger partial charge < -0.3 is 15.4 Å². The molecule has 5 nitrogen and oxygen atoms in total. The van der Waals surface area contributed by atoms with Crippen LogP contribution in [0.2, 0.25) is 5.02 Å². The summed E-state index contributed by atoms with van der Waals surface area (Å²) in [6, 6.07) is 19.4. The van der Waals surface area contributed by atoms with Gasteiger partial charge >= 0.3 is 0 Å². The van der Waals surface area contributed by atoms with Crippen LogP contribution in [-0.4, -0.2) is 18.4 Å². The quantitative estimate of drug-likeness (QED) is 0.484. The third-order valence-electron chi connectivity index (χ3n) is 3.96. The number of ether oxygens (including phenoxy) is 1. The summed E-state index contributed by atoms with van der Waals surface area (Å²) in [7, 11) is 0. The van der Waals surface area contributed by atoms with E-state index in [-0.39, 0.29) is 18.4 Å². The normalized spacial score (nSPS) is 10.3. The van der Waals surface area contributed by atoms with E-state index in [0.717, 1.165) is 10.0 Å². The maximum atomic E-state index is 12.3. The lowest BCUT2D eigenvalue weighted by molar-refractivity contribution is -0.118. The smallest absolute Gasteiger partial charge is 0.262 e. The highest BCUT2D eigenvalue weighted by atomic mass is 79.9. The van der Waals surface area contributed by atoms with Gasteiger partial charge in [-0.15, -0.1) is 0 Å². The van der Waals surface area contributed by atoms with Crippen LogP contribution in [0.15, 0.2) is 71.2 Å². The number of amides is 2. The van der Waals surface area contributed by atoms with Gasteiger partial charge in [-0.05, 0) is 61.5 Å². The van der Waals surface area contributed by atoms with Crippen molar-refractivity contribution in [2.45, 2.75) is 6.92 Å². The molecule has 0 radical (unpaired) electrons. The molecule has 3 rings (SSSR count). The average Bonchev–Trinajstić information content (AvgIpc) is 2.69. The number of aryl methyl sites for hydroxylation is 1. The predicted molar refractivity (Wildman–Crippen MR) is 119 cm³/mol. The number of benzene rings is 3. The minimum Gasteiger partial charge on any atom is -0.482 e. The van der Waals surface area contributed by atoms with Crippen molar-refractivity contribution in [2.75, 3.05) is 17.2 Å². The maximum Gasteiger partial charge on any atom is 0.262 e. The van der Waals surface area contributed by atoms with E-state index in [4.69, 9.17) is 16.3 Å². The molecule has 148 valence electrons. The molecule has 2 amide bonds. The number of hydrogen-bond donors (Lipinski definition) is 2. The van der Waals surface area contributed by atoms with Crippen molar-refractivity contribution in [3.8, 4) is 5.75 Å². The number of nitrogens with one attached hydrogen (secondary N) is 2. The molecule has 29 heavy (non-hydrogen) atoms. The molecule has 2 N–H and O–H groups in total. The number of rotatable bonds is 6. The third-order valence-corrected chi connectivity index (χ3v) is 4.75. The molecule has 0 saturated carbocycles. The van der Waals surface area contributed by atoms with Gasteiger partial charge in [-0.25, -0.2) is 0 Å². The first kappa shape index (κ1) is 20.9. The third kappa shape index (κ3) is 6.07. The highest BCUT2D eigenvalue weighted by Gasteiger charge is 2.09. The number of halogens is 2. The van der Waals surface area contributed by atoms with E-state index in [1.807, 2.05) is 25.1 Å². The first-order chi connectivity index (χ1) is 13.9. The first-order valence-corrected chi connectivity index (χ1v) is 9.93. The largest absolute Gasteiger partial charge is 0.482 e. The maximum absolute atomic E-state index is 12.3. The van der Waals surface area contributed by atoms with Gasteiger partial charge in [0.2, 0.25) is 0 Å². The molecule has 3 aromatic rings. The summed E-state index contributed by atoms with van der Waals surface area (Å²) in [5.41, 5.74) is 2.83. The minimum absolute atomic E-state index is 0.173. The van der Waals surface area contributed by atoms with E-state index in [9.17, 15) is 9.59 Å². The second-order valence-electron chi connectivity index (χ2n) is 6.31. The van der Waals surface area contributed by atoms with Gasteiger partial charge in [0.05, 0.1) is 5.02 Å². The molecule has 0 spiro atoms. The Hall–Kier alpha value is -2.83. The van der Waals surface area contributed by atoms with Crippen LogP contribution in [0, 0.1) is 6.92 Å². The van der Waals surface area contributed by atoms with Gasteiger partial charge in [-0.2, -0.15) is 0 Å². The van der Waals surface area contributed by atoms with E-state index in [2.05, 4.69) is 26.6 Å². The molecule has 0 unspecified atom stereocenters. The van der Waals surface area contributed by atoms with Crippen molar-refractivity contribution in [3.05, 3.63) is 87.4 Å². The fraction of sp³-hybridized carbons (Fsp3) is 0.0909. The zero-order valence-electron chi connectivity index (χ0n) is 15.5. The molecule has 0 bridgehead atoms. The van der Waals surface area contributed by atoms with Crippen LogP contribution in [0.25, 0.3) is 0 Å². The highest BCUT2D eigenvalue weighted by Crippen LogP contribution is 2.27. The second kappa shape index (κ2) is 9.58. The van der Waals surface area contributed by atoms with Gasteiger partial charge in [0, 0.05) is 21.4 Å². The van der Waals surface area contributed by atoms with E-state index >= 15 is 0 Å². The van der Waals surface area contributed by atoms with E-state index < -0.39 is 0 Å². The van der Waals surface area contributed by atoms with Gasteiger partial charge in [0.15, 0.2) is 6.61 Å². The van der Waals surface area contributed by atoms with Crippen LogP contribution in [0.5, 0.6) is 5.75 Å². The van der Waals surface area contributed by atoms with Crippen LogP contribution < -0.4 is 15.4 Å². The Labute approximate surface area is 182 Å². The van der Waals surface area contributed by atoms with Crippen LogP contribution in [0.4, 0.5) is 11.4 Å². The minimum atomic E-state index is -0.319. The van der Waals surface area contributed by atoms with E-state index in [0.29, 0.717) is 27.7 Å². The van der Waals surface area contributed by atoms with Crippen molar-refractivity contribution in [1.29, 1.82) is 0 Å². The summed E-state index contributed by atoms with van der Waals surface area (Å²) < 4.78 is 6.27. The molecule has 0 atom stereocenters. The molecule has 7 heteroatoms. The van der Waals surface area contributed by atoms with E-state index in [1.54, 1.807) is 48.5 Å². The lowest BCUT2D eigenvalue weighted by Gasteiger charge is -2.10. The van der Waals surface area contributed by atoms with Crippen molar-refractivity contribution >= 4 is 50.7 Å². The topological polar surface area (TPSA) is 67.4 Å². The molecule has 0 heterocycles. The molecule has 3 aromatic carbocycles. The lowest BCUT2D eigenvalue weighted by Crippen LogP contribution is -2.20. The zero-order valence-corrected chi connectivity index (χ0v) is 17.9. The van der Waals surface area contributed by atoms with Gasteiger partial charge in [-0.3, -0.25) is 9.59 Å². The van der Waals surface area contributed by atoms with Crippen LogP contribution in [-0.2, 0) is 4.79 Å². The zero-order chi connectivity index (χ0) is 20.8. The Balaban J connectivity index is 1.53. The van der Waals surface area contributed by atoms with Crippen LogP contribution in [0.1, 0.15) is 15.9 Å². The molecule has 0 fully saturated rings. The van der Waals surface area contributed by atoms with Crippen molar-refractivity contribution in [1.82, 2.24) is 0 Å². The summed E-state index contributed by atoms with van der Waals surface area (Å²) in [5.74, 6) is -0.0787. The summed E-state index contributed by atoms with van der Waals surface area (Å²) in [4.78, 5) is 24.4. The lowest BCUT2D eigenvalue weighted by atomic mass is 10.1. The van der Waals surface area contributed by atoms with Gasteiger partial charge in [0.25, 0.3) is 11.8 Å². The average molecular weight is 474 g/mol. The van der Waals surface area contributed by atoms with Crippen molar-refractivity contribution in [3.63, 3.8) is 0 Å². The number of anilines is 2. The molecule has 0 aliphatic carbocycles. The number of hydrogen-bond acceptors (Lipinski definition) is 3. The monoisotopic (exact) mass is 472 g/mol. The summed E-state index contributed by atoms with van der Waals surface area (Å²) >= 11 is 9.38. The highest BCUT2D eigenvalue weighted by molar-refractivity contribution is 9.10. The van der Waals surface area contributed by atoms with Crippen molar-refractivity contribution in [2.24, 2.45) is 0 Å². The Morgan fingerprint density at radius 3 is 2.31 bits per heavy atom. The number of carbonyl (C=O) groups is 2. The first-order valence-electron chi connectivity index (χ1n) is 8.76. The Kier molecular flexibility index (Phi) is 6.90. The molecule has 0 saturated heterocycles. The summed E-state index contributed by atoms with van der Waals surface area (Å²) in [5, 5.41) is 5.98. The van der Waals surface area contributed by atoms with Gasteiger partial charge in [-0.1, -0.05) is 45.2 Å². The standard InChI is InChI=1S/C22H18BrClN2O3/c1-14-3-2-4-15(11-14)22(28)26-18-8-6-17(7-9-18)25-21(27)13-29-20-10-5-16(23)12-19(20)24/h2-12H,13H2,1H3,(H,25,27)(H,26,28). The van der Waals surface area contributed by atoms with E-state index in [1.165, 1.54) is 0 Å². The number of carbonyl (C=O) groups excluding carboxylic acids is 2. The molecule has 0 aromatic heterocycles. The molecular formula is C22H18BrClN2O3. The Morgan fingerprint density at radius 1 is 0.966 bits per heavy atom. The summed E-state index contributed by atoms with van der Waals surface area (Å²) in [6.45, 7) is 1.76. The fourth-order valence-electron chi connectivity index (χ4n) is 2.56. The van der Waals surface area contributed by atoms with Crippen molar-refractivity contribution < 1.29 is 14.3 Å². The predicted octanol–water partition coefficient (Wildman–Crippen LogP) is 5.68. The van der Waals surface area contributed by atoms with Crippen LogP contribution >= 0.6 is 27.5 Å². The fourth-order valence-corrected chi connectivity index (χ4v) is 3.29. The summed E-state index contributed by atoms with van der Waals surface area (Å²) in [6.07, 6.45) is 0. The molecular weight excluding hydrogens is 456 g/mol. The van der Waals surface area contributed by atoms with Gasteiger partial charge in [0.1, 0.15) is 5.75 Å². The van der Waals surface area contributed by atoms with Crippen LogP contribution in [0.3, 0.4) is 0 Å². The SMILES string of the molecule is Cc1cccc(C(=O)Nc2ccc(NC(=O)COc3ccc(Br)cc3Cl)cc2)c1.